The number of hydrogen-bond acceptors (Lipinski definition) is 5. The number of benzene rings is 1. The summed E-state index contributed by atoms with van der Waals surface area (Å²) >= 11 is 0. The highest BCUT2D eigenvalue weighted by molar-refractivity contribution is 5.90. The van der Waals surface area contributed by atoms with Gasteiger partial charge in [-0.15, -0.1) is 0 Å². The number of nitrogens with one attached hydrogen (secondary N) is 2. The van der Waals surface area contributed by atoms with Gasteiger partial charge in [0, 0.05) is 19.1 Å². The number of likely N-dealkylation sites (tertiary alicyclic amines) is 1. The van der Waals surface area contributed by atoms with Gasteiger partial charge in [-0.25, -0.2) is 0 Å². The molecule has 1 amide bonds. The molecule has 1 aromatic carbocycles. The minimum absolute atomic E-state index is 0.00993. The van der Waals surface area contributed by atoms with Crippen LogP contribution in [0.5, 0.6) is 0 Å². The quantitative estimate of drug-likeness (QED) is 0.862. The third-order valence-corrected chi connectivity index (χ3v) is 5.82. The van der Waals surface area contributed by atoms with E-state index in [1.807, 2.05) is 25.1 Å². The lowest BCUT2D eigenvalue weighted by Gasteiger charge is -2.46. The van der Waals surface area contributed by atoms with Gasteiger partial charge >= 0.3 is 0 Å². The molecule has 1 saturated carbocycles. The van der Waals surface area contributed by atoms with Crippen LogP contribution in [0.2, 0.25) is 0 Å². The monoisotopic (exact) mass is 356 g/mol. The summed E-state index contributed by atoms with van der Waals surface area (Å²) in [4.78, 5) is 14.7. The molecule has 1 aliphatic heterocycles. The van der Waals surface area contributed by atoms with Crippen LogP contribution in [0.4, 0.5) is 5.82 Å². The van der Waals surface area contributed by atoms with Crippen LogP contribution in [0.15, 0.2) is 22.7 Å². The molecule has 1 saturated heterocycles. The lowest BCUT2D eigenvalue weighted by atomic mass is 9.85. The molecular formula is C20H28N4O2. The SMILES string of the molecule is Cc1ccc2onc(NCC(=O)NC3CN(C4CCC(C)CC4)C3)c2c1. The molecule has 0 radical (unpaired) electrons. The Morgan fingerprint density at radius 3 is 2.81 bits per heavy atom. The van der Waals surface area contributed by atoms with Crippen molar-refractivity contribution >= 4 is 22.7 Å². The summed E-state index contributed by atoms with van der Waals surface area (Å²) in [6, 6.07) is 6.90. The third-order valence-electron chi connectivity index (χ3n) is 5.82. The second-order valence-electron chi connectivity index (χ2n) is 8.02. The van der Waals surface area contributed by atoms with Gasteiger partial charge in [0.2, 0.25) is 5.91 Å². The number of hydrogen-bond donors (Lipinski definition) is 2. The Kier molecular flexibility index (Phi) is 4.85. The Balaban J connectivity index is 1.22. The molecule has 0 spiro atoms. The molecule has 1 aromatic heterocycles. The van der Waals surface area contributed by atoms with Gasteiger partial charge in [-0.2, -0.15) is 0 Å². The third kappa shape index (κ3) is 3.70. The van der Waals surface area contributed by atoms with Crippen LogP contribution in [-0.4, -0.2) is 47.7 Å². The maximum atomic E-state index is 12.2. The van der Waals surface area contributed by atoms with Crippen LogP contribution >= 0.6 is 0 Å². The number of rotatable bonds is 5. The van der Waals surface area contributed by atoms with E-state index in [-0.39, 0.29) is 18.5 Å². The highest BCUT2D eigenvalue weighted by atomic mass is 16.5. The van der Waals surface area contributed by atoms with E-state index in [9.17, 15) is 4.79 Å². The maximum absolute atomic E-state index is 12.2. The first kappa shape index (κ1) is 17.3. The van der Waals surface area contributed by atoms with Crippen molar-refractivity contribution in [1.82, 2.24) is 15.4 Å². The van der Waals surface area contributed by atoms with E-state index in [0.717, 1.165) is 41.6 Å². The molecule has 4 rings (SSSR count). The molecule has 2 N–H and O–H groups in total. The number of fused-ring (bicyclic) bond motifs is 1. The highest BCUT2D eigenvalue weighted by Crippen LogP contribution is 2.29. The van der Waals surface area contributed by atoms with Gasteiger partial charge in [-0.3, -0.25) is 9.69 Å². The summed E-state index contributed by atoms with van der Waals surface area (Å²) in [5, 5.41) is 11.2. The molecule has 0 bridgehead atoms. The first-order valence-corrected chi connectivity index (χ1v) is 9.72. The zero-order valence-electron chi connectivity index (χ0n) is 15.6. The summed E-state index contributed by atoms with van der Waals surface area (Å²) in [6.45, 7) is 6.56. The van der Waals surface area contributed by atoms with E-state index < -0.39 is 0 Å². The summed E-state index contributed by atoms with van der Waals surface area (Å²) in [6.07, 6.45) is 5.30. The van der Waals surface area contributed by atoms with E-state index in [4.69, 9.17) is 4.52 Å². The van der Waals surface area contributed by atoms with Crippen molar-refractivity contribution in [1.29, 1.82) is 0 Å². The van der Waals surface area contributed by atoms with Gasteiger partial charge in [0.25, 0.3) is 0 Å². The zero-order chi connectivity index (χ0) is 18.1. The lowest BCUT2D eigenvalue weighted by Crippen LogP contribution is -2.63. The van der Waals surface area contributed by atoms with Crippen molar-refractivity contribution in [2.75, 3.05) is 25.0 Å². The number of carbonyl (C=O) groups excluding carboxylic acids is 1. The average molecular weight is 356 g/mol. The smallest absolute Gasteiger partial charge is 0.239 e. The Bertz CT molecular complexity index is 773. The fraction of sp³-hybridized carbons (Fsp3) is 0.600. The standard InChI is InChI=1S/C20H28N4O2/c1-13-3-6-16(7-4-13)24-11-15(12-24)22-19(25)10-21-20-17-9-14(2)5-8-18(17)26-23-20/h5,8-9,13,15-16H,3-4,6-7,10-12H2,1-2H3,(H,21,23)(H,22,25). The molecule has 0 unspecified atom stereocenters. The van der Waals surface area contributed by atoms with Gasteiger partial charge in [0.15, 0.2) is 11.4 Å². The molecule has 26 heavy (non-hydrogen) atoms. The van der Waals surface area contributed by atoms with Crippen LogP contribution in [-0.2, 0) is 4.79 Å². The molecular weight excluding hydrogens is 328 g/mol. The predicted octanol–water partition coefficient (Wildman–Crippen LogP) is 2.93. The largest absolute Gasteiger partial charge is 0.358 e. The molecule has 6 heteroatoms. The molecule has 2 fully saturated rings. The summed E-state index contributed by atoms with van der Waals surface area (Å²) < 4.78 is 5.29. The fourth-order valence-electron chi connectivity index (χ4n) is 4.13. The molecule has 6 nitrogen and oxygen atoms in total. The van der Waals surface area contributed by atoms with Crippen molar-refractivity contribution in [2.24, 2.45) is 5.92 Å². The van der Waals surface area contributed by atoms with Crippen LogP contribution in [0, 0.1) is 12.8 Å². The first-order valence-electron chi connectivity index (χ1n) is 9.72. The van der Waals surface area contributed by atoms with E-state index in [2.05, 4.69) is 27.6 Å². The van der Waals surface area contributed by atoms with Gasteiger partial charge in [0.1, 0.15) is 0 Å². The second-order valence-corrected chi connectivity index (χ2v) is 8.02. The summed E-state index contributed by atoms with van der Waals surface area (Å²) in [7, 11) is 0. The molecule has 2 aliphatic rings. The van der Waals surface area contributed by atoms with Crippen LogP contribution in [0.25, 0.3) is 11.0 Å². The first-order chi connectivity index (χ1) is 12.6. The number of amides is 1. The van der Waals surface area contributed by atoms with Gasteiger partial charge in [-0.1, -0.05) is 23.7 Å². The highest BCUT2D eigenvalue weighted by Gasteiger charge is 2.34. The Labute approximate surface area is 154 Å². The molecule has 2 aromatic rings. The fourth-order valence-corrected chi connectivity index (χ4v) is 4.13. The zero-order valence-corrected chi connectivity index (χ0v) is 15.6. The number of nitrogens with zero attached hydrogens (tertiary/aromatic N) is 2. The van der Waals surface area contributed by atoms with Crippen LogP contribution in [0.3, 0.4) is 0 Å². The Morgan fingerprint density at radius 1 is 1.27 bits per heavy atom. The second kappa shape index (κ2) is 7.27. The molecule has 1 aliphatic carbocycles. The van der Waals surface area contributed by atoms with Gasteiger partial charge < -0.3 is 15.2 Å². The molecule has 140 valence electrons. The average Bonchev–Trinajstić information content (AvgIpc) is 2.99. The van der Waals surface area contributed by atoms with Crippen molar-refractivity contribution in [3.05, 3.63) is 23.8 Å². The molecule has 2 heterocycles. The number of aryl methyl sites for hydroxylation is 1. The number of carbonyl (C=O) groups is 1. The van der Waals surface area contributed by atoms with Crippen molar-refractivity contribution in [3.8, 4) is 0 Å². The van der Waals surface area contributed by atoms with Gasteiger partial charge in [0.05, 0.1) is 18.0 Å². The number of anilines is 1. The predicted molar refractivity (Wildman–Crippen MR) is 102 cm³/mol. The van der Waals surface area contributed by atoms with E-state index in [1.165, 1.54) is 25.7 Å². The van der Waals surface area contributed by atoms with Gasteiger partial charge in [-0.05, 0) is 50.7 Å². The van der Waals surface area contributed by atoms with E-state index >= 15 is 0 Å². The maximum Gasteiger partial charge on any atom is 0.239 e. The van der Waals surface area contributed by atoms with Crippen LogP contribution in [0.1, 0.15) is 38.2 Å². The van der Waals surface area contributed by atoms with E-state index in [1.54, 1.807) is 0 Å². The topological polar surface area (TPSA) is 70.4 Å². The normalized spacial score (nSPS) is 24.4. The van der Waals surface area contributed by atoms with Crippen molar-refractivity contribution in [3.63, 3.8) is 0 Å². The Hall–Kier alpha value is -2.08. The molecule has 0 atom stereocenters. The minimum Gasteiger partial charge on any atom is -0.358 e. The minimum atomic E-state index is 0.00993. The lowest BCUT2D eigenvalue weighted by molar-refractivity contribution is -0.121. The summed E-state index contributed by atoms with van der Waals surface area (Å²) in [5.41, 5.74) is 1.87. The van der Waals surface area contributed by atoms with Crippen LogP contribution < -0.4 is 10.6 Å². The summed E-state index contributed by atoms with van der Waals surface area (Å²) in [5.74, 6) is 1.52. The van der Waals surface area contributed by atoms with Crippen molar-refractivity contribution in [2.45, 2.75) is 51.6 Å². The van der Waals surface area contributed by atoms with E-state index in [0.29, 0.717) is 5.82 Å². The van der Waals surface area contributed by atoms with Crippen molar-refractivity contribution < 1.29 is 9.32 Å². The Morgan fingerprint density at radius 2 is 2.04 bits per heavy atom. The number of aromatic nitrogens is 1.